The summed E-state index contributed by atoms with van der Waals surface area (Å²) in [6.07, 6.45) is 1.22. The zero-order valence-electron chi connectivity index (χ0n) is 19.3. The van der Waals surface area contributed by atoms with E-state index in [9.17, 15) is 9.59 Å². The highest BCUT2D eigenvalue weighted by Gasteiger charge is 2.49. The average Bonchev–Trinajstić information content (AvgIpc) is 2.81. The third-order valence-corrected chi connectivity index (χ3v) is 6.39. The molecule has 174 valence electrons. The van der Waals surface area contributed by atoms with Gasteiger partial charge in [-0.3, -0.25) is 4.79 Å². The van der Waals surface area contributed by atoms with Gasteiger partial charge >= 0.3 is 6.03 Å². The van der Waals surface area contributed by atoms with Crippen LogP contribution in [0.4, 0.5) is 4.79 Å². The number of carbonyl (C=O) groups is 2. The molecule has 2 atom stereocenters. The molecule has 6 nitrogen and oxygen atoms in total. The lowest BCUT2D eigenvalue weighted by Crippen LogP contribution is -2.69. The number of rotatable bonds is 5. The molecule has 0 aliphatic carbocycles. The van der Waals surface area contributed by atoms with E-state index in [2.05, 4.69) is 22.8 Å². The molecule has 5 rings (SSSR count). The fraction of sp³-hybridized carbons (Fsp3) is 0.286. The van der Waals surface area contributed by atoms with E-state index in [1.54, 1.807) is 12.1 Å². The quantitative estimate of drug-likeness (QED) is 0.528. The summed E-state index contributed by atoms with van der Waals surface area (Å²) in [5, 5.41) is 6.03. The first kappa shape index (κ1) is 22.0. The molecule has 1 fully saturated rings. The minimum Gasteiger partial charge on any atom is -0.485 e. The predicted octanol–water partition coefficient (Wildman–Crippen LogP) is 5.04. The Hall–Kier alpha value is -3.80. The molecule has 3 aromatic rings. The molecule has 3 aromatic carbocycles. The minimum absolute atomic E-state index is 0.0409. The highest BCUT2D eigenvalue weighted by molar-refractivity contribution is 5.97. The molecular weight excluding hydrogens is 428 g/mol. The van der Waals surface area contributed by atoms with Crippen LogP contribution in [0.25, 0.3) is 0 Å². The number of amides is 2. The fourth-order valence-electron chi connectivity index (χ4n) is 5.04. The number of urea groups is 1. The summed E-state index contributed by atoms with van der Waals surface area (Å²) < 4.78 is 12.4. The van der Waals surface area contributed by atoms with Crippen LogP contribution < -0.4 is 20.1 Å². The summed E-state index contributed by atoms with van der Waals surface area (Å²) >= 11 is 0. The second kappa shape index (κ2) is 8.52. The Morgan fingerprint density at radius 2 is 1.71 bits per heavy atom. The van der Waals surface area contributed by atoms with Gasteiger partial charge in [0.15, 0.2) is 18.1 Å². The van der Waals surface area contributed by atoms with Gasteiger partial charge in [0, 0.05) is 41.5 Å². The van der Waals surface area contributed by atoms with Crippen LogP contribution >= 0.6 is 0 Å². The smallest absolute Gasteiger partial charge is 0.318 e. The number of ether oxygens (including phenoxy) is 2. The second-order valence-corrected chi connectivity index (χ2v) is 9.68. The number of benzene rings is 3. The van der Waals surface area contributed by atoms with Crippen molar-refractivity contribution in [1.82, 2.24) is 10.6 Å². The zero-order chi connectivity index (χ0) is 23.8. The first-order chi connectivity index (χ1) is 16.3. The van der Waals surface area contributed by atoms with Crippen LogP contribution in [-0.2, 0) is 0 Å². The van der Waals surface area contributed by atoms with Crippen LogP contribution in [0, 0.1) is 0 Å². The Labute approximate surface area is 199 Å². The number of fused-ring (bicyclic) bond motifs is 1. The lowest BCUT2D eigenvalue weighted by molar-refractivity contribution is -0.0236. The minimum atomic E-state index is -0.849. The summed E-state index contributed by atoms with van der Waals surface area (Å²) in [4.78, 5) is 25.0. The summed E-state index contributed by atoms with van der Waals surface area (Å²) in [6.45, 7) is 3.93. The van der Waals surface area contributed by atoms with Crippen molar-refractivity contribution in [3.63, 3.8) is 0 Å². The van der Waals surface area contributed by atoms with Crippen molar-refractivity contribution >= 4 is 11.8 Å². The Balaban J connectivity index is 1.46. The Bertz CT molecular complexity index is 1210. The number of carbonyl (C=O) groups excluding carboxylic acids is 2. The Kier molecular flexibility index (Phi) is 5.52. The largest absolute Gasteiger partial charge is 0.485 e. The molecule has 34 heavy (non-hydrogen) atoms. The molecule has 2 amide bonds. The van der Waals surface area contributed by atoms with Crippen LogP contribution in [0.1, 0.15) is 54.1 Å². The normalized spacial score (nSPS) is 22.6. The highest BCUT2D eigenvalue weighted by Crippen LogP contribution is 2.47. The van der Waals surface area contributed by atoms with Gasteiger partial charge in [0.05, 0.1) is 0 Å². The van der Waals surface area contributed by atoms with Gasteiger partial charge in [0.1, 0.15) is 11.5 Å². The number of Topliss-reactive ketones (excluding diaryl/α,β-unsaturated/α-hetero) is 1. The first-order valence-corrected chi connectivity index (χ1v) is 11.5. The molecule has 0 aromatic heterocycles. The highest BCUT2D eigenvalue weighted by atomic mass is 16.5. The van der Waals surface area contributed by atoms with Crippen molar-refractivity contribution in [2.45, 2.75) is 43.9 Å². The van der Waals surface area contributed by atoms with Gasteiger partial charge in [0.2, 0.25) is 0 Å². The van der Waals surface area contributed by atoms with Crippen molar-refractivity contribution in [1.29, 1.82) is 0 Å². The maximum absolute atomic E-state index is 12.5. The van der Waals surface area contributed by atoms with E-state index < -0.39 is 11.3 Å². The molecule has 2 heterocycles. The molecule has 0 radical (unpaired) electrons. The van der Waals surface area contributed by atoms with Crippen LogP contribution in [-0.4, -0.2) is 29.7 Å². The van der Waals surface area contributed by atoms with Crippen molar-refractivity contribution in [2.24, 2.45) is 0 Å². The third-order valence-electron chi connectivity index (χ3n) is 6.39. The topological polar surface area (TPSA) is 76.7 Å². The fourth-order valence-corrected chi connectivity index (χ4v) is 5.04. The Morgan fingerprint density at radius 3 is 2.41 bits per heavy atom. The van der Waals surface area contributed by atoms with Crippen molar-refractivity contribution in [3.8, 4) is 11.5 Å². The summed E-state index contributed by atoms with van der Waals surface area (Å²) in [7, 11) is 0. The van der Waals surface area contributed by atoms with Gasteiger partial charge in [-0.2, -0.15) is 0 Å². The number of nitrogens with one attached hydrogen (secondary N) is 2. The molecule has 0 unspecified atom stereocenters. The molecule has 0 bridgehead atoms. The van der Waals surface area contributed by atoms with Crippen LogP contribution in [0.15, 0.2) is 78.9 Å². The van der Waals surface area contributed by atoms with E-state index >= 15 is 0 Å². The molecule has 6 heteroatoms. The molecule has 1 spiro atoms. The van der Waals surface area contributed by atoms with E-state index in [-0.39, 0.29) is 24.3 Å². The second-order valence-electron chi connectivity index (χ2n) is 9.68. The summed E-state index contributed by atoms with van der Waals surface area (Å²) in [6, 6.07) is 24.8. The Morgan fingerprint density at radius 1 is 1.00 bits per heavy atom. The molecule has 2 aliphatic heterocycles. The van der Waals surface area contributed by atoms with Crippen LogP contribution in [0.2, 0.25) is 0 Å². The molecular formula is C28H28N2O4. The number of hydrogen-bond acceptors (Lipinski definition) is 4. The van der Waals surface area contributed by atoms with E-state index in [0.717, 1.165) is 11.1 Å². The molecule has 0 saturated carbocycles. The van der Waals surface area contributed by atoms with Gasteiger partial charge in [-0.15, -0.1) is 0 Å². The SMILES string of the molecule is CC1(C)C[C@@]2(C[C@@H](c3ccccc3)c3ccc(OCC(=O)c4ccccc4)cc3O2)NC(=O)N1. The molecule has 1 saturated heterocycles. The lowest BCUT2D eigenvalue weighted by Gasteiger charge is -2.49. The lowest BCUT2D eigenvalue weighted by atomic mass is 9.77. The number of hydrogen-bond donors (Lipinski definition) is 2. The number of ketones is 1. The van der Waals surface area contributed by atoms with Crippen molar-refractivity contribution in [3.05, 3.63) is 95.6 Å². The van der Waals surface area contributed by atoms with Crippen molar-refractivity contribution in [2.75, 3.05) is 6.61 Å². The van der Waals surface area contributed by atoms with Gasteiger partial charge in [-0.25, -0.2) is 4.79 Å². The molecule has 2 N–H and O–H groups in total. The maximum atomic E-state index is 12.5. The predicted molar refractivity (Wildman–Crippen MR) is 129 cm³/mol. The van der Waals surface area contributed by atoms with Crippen LogP contribution in [0.3, 0.4) is 0 Å². The summed E-state index contributed by atoms with van der Waals surface area (Å²) in [5.41, 5.74) is 1.53. The summed E-state index contributed by atoms with van der Waals surface area (Å²) in [5.74, 6) is 1.15. The molecule has 2 aliphatic rings. The first-order valence-electron chi connectivity index (χ1n) is 11.5. The maximum Gasteiger partial charge on any atom is 0.318 e. The van der Waals surface area contributed by atoms with E-state index in [0.29, 0.717) is 29.9 Å². The van der Waals surface area contributed by atoms with Gasteiger partial charge < -0.3 is 20.1 Å². The third kappa shape index (κ3) is 4.49. The van der Waals surface area contributed by atoms with Gasteiger partial charge in [-0.1, -0.05) is 66.7 Å². The van der Waals surface area contributed by atoms with E-state index in [4.69, 9.17) is 9.47 Å². The van der Waals surface area contributed by atoms with Gasteiger partial charge in [0.25, 0.3) is 0 Å². The van der Waals surface area contributed by atoms with Crippen molar-refractivity contribution < 1.29 is 19.1 Å². The monoisotopic (exact) mass is 456 g/mol. The van der Waals surface area contributed by atoms with Crippen LogP contribution in [0.5, 0.6) is 11.5 Å². The standard InChI is InChI=1S/C28H28N2O4/c1-27(2)18-28(30-26(32)29-27)16-23(19-9-5-3-6-10-19)22-14-13-21(15-25(22)34-28)33-17-24(31)20-11-7-4-8-12-20/h3-15,23H,16-18H2,1-2H3,(H2,29,30,32)/t23-,28-/m0/s1. The van der Waals surface area contributed by atoms with E-state index in [1.165, 1.54) is 0 Å². The average molecular weight is 457 g/mol. The van der Waals surface area contributed by atoms with E-state index in [1.807, 2.05) is 68.4 Å². The van der Waals surface area contributed by atoms with Gasteiger partial charge in [-0.05, 0) is 25.5 Å². The zero-order valence-corrected chi connectivity index (χ0v) is 19.3.